The molecule has 0 bridgehead atoms. The normalized spacial score (nSPS) is 26.5. The summed E-state index contributed by atoms with van der Waals surface area (Å²) in [6.45, 7) is 2.67. The van der Waals surface area contributed by atoms with Crippen molar-refractivity contribution in [2.75, 3.05) is 19.8 Å². The highest BCUT2D eigenvalue weighted by Gasteiger charge is 2.51. The van der Waals surface area contributed by atoms with Crippen LogP contribution in [-0.4, -0.2) is 140 Å². The number of rotatable bonds is 43. The Morgan fingerprint density at radius 2 is 0.971 bits per heavy atom. The molecule has 400 valence electrons. The average Bonchev–Trinajstić information content (AvgIpc) is 3.33. The van der Waals surface area contributed by atoms with E-state index < -0.39 is 86.8 Å². The van der Waals surface area contributed by atoms with E-state index in [0.717, 1.165) is 51.4 Å². The summed E-state index contributed by atoms with van der Waals surface area (Å²) in [5.41, 5.74) is 0. The maximum atomic E-state index is 13.0. The third-order valence-corrected chi connectivity index (χ3v) is 13.7. The van der Waals surface area contributed by atoms with Crippen LogP contribution in [0.25, 0.3) is 0 Å². The lowest BCUT2D eigenvalue weighted by Crippen LogP contribution is -2.65. The van der Waals surface area contributed by atoms with Gasteiger partial charge in [0.15, 0.2) is 12.6 Å². The Labute approximate surface area is 411 Å². The largest absolute Gasteiger partial charge is 0.394 e. The van der Waals surface area contributed by atoms with Gasteiger partial charge in [-0.2, -0.15) is 0 Å². The molecule has 14 heteroatoms. The first-order valence-electron chi connectivity index (χ1n) is 27.6. The molecule has 2 aliphatic heterocycles. The van der Waals surface area contributed by atoms with Crippen LogP contribution >= 0.6 is 0 Å². The number of hydrogen-bond donors (Lipinski definition) is 9. The van der Waals surface area contributed by atoms with Gasteiger partial charge < -0.3 is 65.1 Å². The number of amides is 1. The van der Waals surface area contributed by atoms with Crippen molar-refractivity contribution >= 4 is 5.91 Å². The topological polar surface area (TPSA) is 228 Å². The van der Waals surface area contributed by atoms with E-state index in [1.807, 2.05) is 0 Å². The first kappa shape index (κ1) is 62.6. The van der Waals surface area contributed by atoms with E-state index in [4.69, 9.17) is 18.9 Å². The van der Waals surface area contributed by atoms with Crippen LogP contribution in [0.4, 0.5) is 0 Å². The molecule has 14 nitrogen and oxygen atoms in total. The molecule has 1 amide bonds. The zero-order valence-corrected chi connectivity index (χ0v) is 42.6. The summed E-state index contributed by atoms with van der Waals surface area (Å²) in [7, 11) is 0. The number of nitrogens with one attached hydrogen (secondary N) is 1. The highest BCUT2D eigenvalue weighted by Crippen LogP contribution is 2.30. The maximum absolute atomic E-state index is 13.0. The lowest BCUT2D eigenvalue weighted by atomic mass is 9.97. The van der Waals surface area contributed by atoms with Gasteiger partial charge in [0.2, 0.25) is 5.91 Å². The second-order valence-corrected chi connectivity index (χ2v) is 19.7. The molecule has 12 unspecified atom stereocenters. The Bertz CT molecular complexity index is 1240. The Kier molecular flexibility index (Phi) is 37.7. The number of ether oxygens (including phenoxy) is 4. The van der Waals surface area contributed by atoms with Crippen molar-refractivity contribution in [2.24, 2.45) is 0 Å². The smallest absolute Gasteiger partial charge is 0.220 e. The summed E-state index contributed by atoms with van der Waals surface area (Å²) in [5, 5.41) is 86.1. The van der Waals surface area contributed by atoms with Crippen molar-refractivity contribution in [1.82, 2.24) is 5.32 Å². The van der Waals surface area contributed by atoms with Crippen molar-refractivity contribution in [3.8, 4) is 0 Å². The number of unbranched alkanes of at least 4 members (excludes halogenated alkanes) is 26. The molecule has 68 heavy (non-hydrogen) atoms. The van der Waals surface area contributed by atoms with Crippen molar-refractivity contribution < 1.29 is 64.6 Å². The highest BCUT2D eigenvalue weighted by atomic mass is 16.7. The van der Waals surface area contributed by atoms with Crippen LogP contribution in [-0.2, 0) is 23.7 Å². The Hall–Kier alpha value is -1.53. The van der Waals surface area contributed by atoms with Gasteiger partial charge in [-0.05, 0) is 44.9 Å². The number of hydrogen-bond acceptors (Lipinski definition) is 13. The quantitative estimate of drug-likeness (QED) is 0.0208. The van der Waals surface area contributed by atoms with Crippen molar-refractivity contribution in [3.63, 3.8) is 0 Å². The maximum Gasteiger partial charge on any atom is 0.220 e. The number of aliphatic hydroxyl groups is 8. The summed E-state index contributed by atoms with van der Waals surface area (Å²) in [5.74, 6) is -0.216. The highest BCUT2D eigenvalue weighted by molar-refractivity contribution is 5.76. The molecule has 12 atom stereocenters. The monoisotopic (exact) mass is 972 g/mol. The van der Waals surface area contributed by atoms with Gasteiger partial charge in [-0.3, -0.25) is 4.79 Å². The molecule has 2 heterocycles. The number of carbonyl (C=O) groups is 1. The Balaban J connectivity index is 1.52. The van der Waals surface area contributed by atoms with Gasteiger partial charge in [0, 0.05) is 6.42 Å². The number of carbonyl (C=O) groups excluding carboxylic acids is 1. The summed E-state index contributed by atoms with van der Waals surface area (Å²) < 4.78 is 22.5. The van der Waals surface area contributed by atoms with Crippen LogP contribution in [0.15, 0.2) is 24.3 Å². The summed E-state index contributed by atoms with van der Waals surface area (Å²) >= 11 is 0. The fraction of sp³-hybridized carbons (Fsp3) is 0.907. The molecular weight excluding hydrogens is 871 g/mol. The van der Waals surface area contributed by atoms with Crippen LogP contribution in [0.5, 0.6) is 0 Å². The zero-order chi connectivity index (χ0) is 49.6. The Morgan fingerprint density at radius 1 is 0.529 bits per heavy atom. The van der Waals surface area contributed by atoms with Gasteiger partial charge in [0.1, 0.15) is 48.8 Å². The SMILES string of the molecule is CCCCCCC/C=C\C/C=C\CCCCCCCCCCCCCCCCCCCCCC(=O)NC(COC1OC(CO)C(OC2OC(CO)C(O)C(O)C2O)C(O)C1O)C(O)CCCCC. The fourth-order valence-electron chi connectivity index (χ4n) is 9.15. The molecule has 0 aromatic heterocycles. The van der Waals surface area contributed by atoms with Crippen LogP contribution in [0.2, 0.25) is 0 Å². The summed E-state index contributed by atoms with van der Waals surface area (Å²) in [6, 6.07) is -0.821. The molecule has 0 aromatic rings. The minimum Gasteiger partial charge on any atom is -0.394 e. The van der Waals surface area contributed by atoms with Crippen LogP contribution in [0, 0.1) is 0 Å². The standard InChI is InChI=1S/C54H101NO13/c1-3-5-7-8-9-10-11-12-13-14-15-16-17-18-19-20-21-22-23-24-25-26-27-28-29-30-31-32-33-34-36-38-46(59)55-42(43(58)37-35-6-4-2)41-65-53-51(64)49(62)52(45(40-57)67-53)68-54-50(63)48(61)47(60)44(39-56)66-54/h11-12,14-15,42-45,47-54,56-58,60-64H,3-10,13,16-41H2,1-2H3,(H,55,59)/b12-11-,15-14-. The van der Waals surface area contributed by atoms with Gasteiger partial charge in [0.25, 0.3) is 0 Å². The summed E-state index contributed by atoms with van der Waals surface area (Å²) in [4.78, 5) is 13.0. The first-order valence-corrected chi connectivity index (χ1v) is 27.6. The third kappa shape index (κ3) is 27.3. The van der Waals surface area contributed by atoms with E-state index in [2.05, 4.69) is 43.5 Å². The first-order chi connectivity index (χ1) is 33.1. The molecule has 2 rings (SSSR count). The Morgan fingerprint density at radius 3 is 1.47 bits per heavy atom. The van der Waals surface area contributed by atoms with E-state index in [9.17, 15) is 45.6 Å². The second kappa shape index (κ2) is 41.0. The van der Waals surface area contributed by atoms with E-state index in [1.54, 1.807) is 0 Å². The van der Waals surface area contributed by atoms with Crippen LogP contribution in [0.1, 0.15) is 219 Å². The molecule has 0 spiro atoms. The van der Waals surface area contributed by atoms with Gasteiger partial charge in [-0.25, -0.2) is 0 Å². The molecular formula is C54H101NO13. The van der Waals surface area contributed by atoms with Gasteiger partial charge in [-0.15, -0.1) is 0 Å². The molecule has 2 fully saturated rings. The van der Waals surface area contributed by atoms with Crippen molar-refractivity contribution in [1.29, 1.82) is 0 Å². The fourth-order valence-corrected chi connectivity index (χ4v) is 9.15. The summed E-state index contributed by atoms with van der Waals surface area (Å²) in [6.07, 6.45) is 30.4. The molecule has 2 saturated heterocycles. The van der Waals surface area contributed by atoms with Crippen molar-refractivity contribution in [3.05, 3.63) is 24.3 Å². The molecule has 2 aliphatic rings. The third-order valence-electron chi connectivity index (χ3n) is 13.7. The van der Waals surface area contributed by atoms with Gasteiger partial charge >= 0.3 is 0 Å². The van der Waals surface area contributed by atoms with Gasteiger partial charge in [0.05, 0.1) is 32.0 Å². The minimum absolute atomic E-state index is 0.216. The second-order valence-electron chi connectivity index (χ2n) is 19.7. The molecule has 0 aromatic carbocycles. The number of aliphatic hydroxyl groups excluding tert-OH is 8. The predicted molar refractivity (Wildman–Crippen MR) is 268 cm³/mol. The molecule has 0 aliphatic carbocycles. The van der Waals surface area contributed by atoms with Crippen LogP contribution < -0.4 is 5.32 Å². The molecule has 0 saturated carbocycles. The number of allylic oxidation sites excluding steroid dienone is 4. The molecule has 0 radical (unpaired) electrons. The van der Waals surface area contributed by atoms with Gasteiger partial charge in [-0.1, -0.05) is 192 Å². The van der Waals surface area contributed by atoms with E-state index >= 15 is 0 Å². The van der Waals surface area contributed by atoms with E-state index in [1.165, 1.54) is 141 Å². The van der Waals surface area contributed by atoms with Crippen molar-refractivity contribution in [2.45, 2.75) is 293 Å². The molecule has 9 N–H and O–H groups in total. The lowest BCUT2D eigenvalue weighted by Gasteiger charge is -2.46. The minimum atomic E-state index is -1.78. The van der Waals surface area contributed by atoms with Crippen LogP contribution in [0.3, 0.4) is 0 Å². The van der Waals surface area contributed by atoms with E-state index in [0.29, 0.717) is 12.8 Å². The average molecular weight is 972 g/mol. The predicted octanol–water partition coefficient (Wildman–Crippen LogP) is 8.11. The lowest BCUT2D eigenvalue weighted by molar-refractivity contribution is -0.359. The zero-order valence-electron chi connectivity index (χ0n) is 42.6. The van der Waals surface area contributed by atoms with E-state index in [-0.39, 0.29) is 12.5 Å².